The second-order valence-electron chi connectivity index (χ2n) is 6.65. The number of ether oxygens (including phenoxy) is 2. The Balaban J connectivity index is 1.59. The van der Waals surface area contributed by atoms with E-state index in [0.29, 0.717) is 17.9 Å². The Kier molecular flexibility index (Phi) is 6.12. The summed E-state index contributed by atoms with van der Waals surface area (Å²) in [6, 6.07) is 15.0. The highest BCUT2D eigenvalue weighted by Crippen LogP contribution is 2.33. The van der Waals surface area contributed by atoms with E-state index in [2.05, 4.69) is 12.1 Å². The number of amides is 1. The third-order valence-electron chi connectivity index (χ3n) is 4.93. The molecule has 0 aliphatic heterocycles. The lowest BCUT2D eigenvalue weighted by molar-refractivity contribution is -0.134. The number of hydrogen-bond acceptors (Lipinski definition) is 4. The topological polar surface area (TPSA) is 55.8 Å². The highest BCUT2D eigenvalue weighted by molar-refractivity contribution is 5.89. The molecule has 1 amide bonds. The van der Waals surface area contributed by atoms with Crippen LogP contribution in [0, 0.1) is 0 Å². The highest BCUT2D eigenvalue weighted by Gasteiger charge is 2.26. The van der Waals surface area contributed by atoms with Crippen molar-refractivity contribution in [2.75, 3.05) is 20.3 Å². The van der Waals surface area contributed by atoms with Gasteiger partial charge in [0.25, 0.3) is 5.91 Å². The Bertz CT molecular complexity index is 800. The molecule has 1 unspecified atom stereocenters. The Labute approximate surface area is 159 Å². The van der Waals surface area contributed by atoms with Gasteiger partial charge in [-0.2, -0.15) is 0 Å². The number of esters is 1. The Morgan fingerprint density at radius 3 is 2.59 bits per heavy atom. The monoisotopic (exact) mass is 367 g/mol. The van der Waals surface area contributed by atoms with Gasteiger partial charge in [0, 0.05) is 7.05 Å². The van der Waals surface area contributed by atoms with Crippen molar-refractivity contribution in [3.05, 3.63) is 65.2 Å². The quantitative estimate of drug-likeness (QED) is 0.729. The van der Waals surface area contributed by atoms with Crippen LogP contribution in [0.1, 0.15) is 47.3 Å². The minimum Gasteiger partial charge on any atom is -0.484 e. The summed E-state index contributed by atoms with van der Waals surface area (Å²) in [5.41, 5.74) is 3.02. The molecule has 1 aliphatic rings. The average molecular weight is 367 g/mol. The second kappa shape index (κ2) is 8.71. The first-order valence-corrected chi connectivity index (χ1v) is 9.33. The number of hydrogen-bond donors (Lipinski definition) is 0. The SMILES string of the molecule is CCOC(=O)c1ccc(OCC(=O)N(C)C2CCCc3ccccc32)cc1. The minimum atomic E-state index is -0.365. The van der Waals surface area contributed by atoms with Crippen LogP contribution in [0.15, 0.2) is 48.5 Å². The van der Waals surface area contributed by atoms with E-state index in [-0.39, 0.29) is 24.5 Å². The fourth-order valence-electron chi connectivity index (χ4n) is 3.45. The molecule has 1 aliphatic carbocycles. The van der Waals surface area contributed by atoms with Gasteiger partial charge in [0.1, 0.15) is 5.75 Å². The number of aryl methyl sites for hydroxylation is 1. The smallest absolute Gasteiger partial charge is 0.338 e. The molecular weight excluding hydrogens is 342 g/mol. The molecule has 0 heterocycles. The first kappa shape index (κ1) is 19.0. The van der Waals surface area contributed by atoms with E-state index in [0.717, 1.165) is 19.3 Å². The van der Waals surface area contributed by atoms with Crippen LogP contribution in [-0.4, -0.2) is 37.0 Å². The fraction of sp³-hybridized carbons (Fsp3) is 0.364. The van der Waals surface area contributed by atoms with E-state index in [9.17, 15) is 9.59 Å². The lowest BCUT2D eigenvalue weighted by Gasteiger charge is -2.33. The van der Waals surface area contributed by atoms with E-state index in [4.69, 9.17) is 9.47 Å². The average Bonchev–Trinajstić information content (AvgIpc) is 2.71. The lowest BCUT2D eigenvalue weighted by Crippen LogP contribution is -2.36. The van der Waals surface area contributed by atoms with Gasteiger partial charge in [-0.25, -0.2) is 4.79 Å². The minimum absolute atomic E-state index is 0.0338. The van der Waals surface area contributed by atoms with Crippen LogP contribution >= 0.6 is 0 Å². The summed E-state index contributed by atoms with van der Waals surface area (Å²) in [5.74, 6) is 0.121. The number of fused-ring (bicyclic) bond motifs is 1. The van der Waals surface area contributed by atoms with Gasteiger partial charge >= 0.3 is 5.97 Å². The van der Waals surface area contributed by atoms with Gasteiger partial charge in [-0.3, -0.25) is 4.79 Å². The summed E-state index contributed by atoms with van der Waals surface area (Å²) in [6.45, 7) is 2.07. The van der Waals surface area contributed by atoms with Gasteiger partial charge in [-0.05, 0) is 61.6 Å². The first-order chi connectivity index (χ1) is 13.1. The number of nitrogens with zero attached hydrogens (tertiary/aromatic N) is 1. The molecule has 5 heteroatoms. The Hall–Kier alpha value is -2.82. The molecule has 0 saturated carbocycles. The van der Waals surface area contributed by atoms with Crippen molar-refractivity contribution in [2.24, 2.45) is 0 Å². The van der Waals surface area contributed by atoms with E-state index in [1.54, 1.807) is 36.1 Å². The largest absolute Gasteiger partial charge is 0.484 e. The highest BCUT2D eigenvalue weighted by atomic mass is 16.5. The predicted molar refractivity (Wildman–Crippen MR) is 103 cm³/mol. The van der Waals surface area contributed by atoms with Crippen LogP contribution in [0.2, 0.25) is 0 Å². The number of carbonyl (C=O) groups excluding carboxylic acids is 2. The van der Waals surface area contributed by atoms with Crippen molar-refractivity contribution < 1.29 is 19.1 Å². The van der Waals surface area contributed by atoms with Crippen LogP contribution in [-0.2, 0) is 16.0 Å². The molecule has 5 nitrogen and oxygen atoms in total. The molecule has 0 N–H and O–H groups in total. The molecule has 142 valence electrons. The molecule has 0 radical (unpaired) electrons. The number of rotatable bonds is 6. The van der Waals surface area contributed by atoms with Crippen LogP contribution in [0.4, 0.5) is 0 Å². The molecule has 0 bridgehead atoms. The van der Waals surface area contributed by atoms with E-state index in [1.165, 1.54) is 11.1 Å². The van der Waals surface area contributed by atoms with Gasteiger partial charge in [-0.1, -0.05) is 24.3 Å². The second-order valence-corrected chi connectivity index (χ2v) is 6.65. The summed E-state index contributed by atoms with van der Waals surface area (Å²) in [7, 11) is 1.84. The Morgan fingerprint density at radius 2 is 1.85 bits per heavy atom. The zero-order valence-corrected chi connectivity index (χ0v) is 15.8. The van der Waals surface area contributed by atoms with Gasteiger partial charge in [0.15, 0.2) is 6.61 Å². The molecule has 0 spiro atoms. The standard InChI is InChI=1S/C22H25NO4/c1-3-26-22(25)17-11-13-18(14-12-17)27-15-21(24)23(2)20-10-6-8-16-7-4-5-9-19(16)20/h4-5,7,9,11-14,20H,3,6,8,10,15H2,1-2H3. The zero-order valence-electron chi connectivity index (χ0n) is 15.8. The molecule has 0 saturated heterocycles. The number of likely N-dealkylation sites (N-methyl/N-ethyl adjacent to an activating group) is 1. The molecule has 0 fully saturated rings. The number of benzene rings is 2. The van der Waals surface area contributed by atoms with Crippen molar-refractivity contribution in [1.29, 1.82) is 0 Å². The van der Waals surface area contributed by atoms with E-state index in [1.807, 2.05) is 19.2 Å². The zero-order chi connectivity index (χ0) is 19.2. The van der Waals surface area contributed by atoms with Crippen molar-refractivity contribution in [3.63, 3.8) is 0 Å². The van der Waals surface area contributed by atoms with Gasteiger partial charge in [0.2, 0.25) is 0 Å². The Morgan fingerprint density at radius 1 is 1.11 bits per heavy atom. The predicted octanol–water partition coefficient (Wildman–Crippen LogP) is 3.78. The normalized spacial score (nSPS) is 15.6. The maximum Gasteiger partial charge on any atom is 0.338 e. The maximum absolute atomic E-state index is 12.6. The van der Waals surface area contributed by atoms with Crippen LogP contribution in [0.3, 0.4) is 0 Å². The van der Waals surface area contributed by atoms with Gasteiger partial charge in [-0.15, -0.1) is 0 Å². The summed E-state index contributed by atoms with van der Waals surface area (Å²) in [6.07, 6.45) is 3.11. The molecule has 2 aromatic carbocycles. The van der Waals surface area contributed by atoms with E-state index >= 15 is 0 Å². The maximum atomic E-state index is 12.6. The van der Waals surface area contributed by atoms with Crippen LogP contribution in [0.25, 0.3) is 0 Å². The first-order valence-electron chi connectivity index (χ1n) is 9.33. The molecular formula is C22H25NO4. The number of carbonyl (C=O) groups is 2. The van der Waals surface area contributed by atoms with Crippen molar-refractivity contribution in [3.8, 4) is 5.75 Å². The summed E-state index contributed by atoms with van der Waals surface area (Å²) >= 11 is 0. The molecule has 0 aromatic heterocycles. The van der Waals surface area contributed by atoms with Gasteiger partial charge < -0.3 is 14.4 Å². The third kappa shape index (κ3) is 4.48. The fourth-order valence-corrected chi connectivity index (χ4v) is 3.45. The van der Waals surface area contributed by atoms with Crippen molar-refractivity contribution in [1.82, 2.24) is 4.90 Å². The molecule has 27 heavy (non-hydrogen) atoms. The van der Waals surface area contributed by atoms with Crippen molar-refractivity contribution in [2.45, 2.75) is 32.2 Å². The molecule has 3 rings (SSSR count). The van der Waals surface area contributed by atoms with E-state index < -0.39 is 0 Å². The third-order valence-corrected chi connectivity index (χ3v) is 4.93. The lowest BCUT2D eigenvalue weighted by atomic mass is 9.87. The summed E-state index contributed by atoms with van der Waals surface area (Å²) in [5, 5.41) is 0. The summed E-state index contributed by atoms with van der Waals surface area (Å²) < 4.78 is 10.6. The van der Waals surface area contributed by atoms with Gasteiger partial charge in [0.05, 0.1) is 18.2 Å². The van der Waals surface area contributed by atoms with Crippen LogP contribution < -0.4 is 4.74 Å². The molecule has 2 aromatic rings. The van der Waals surface area contributed by atoms with Crippen molar-refractivity contribution >= 4 is 11.9 Å². The molecule has 1 atom stereocenters. The summed E-state index contributed by atoms with van der Waals surface area (Å²) in [4.78, 5) is 26.1. The van der Waals surface area contributed by atoms with Crippen LogP contribution in [0.5, 0.6) is 5.75 Å².